The number of nitrogens with one attached hydrogen (secondary N) is 1. The van der Waals surface area contributed by atoms with E-state index in [2.05, 4.69) is 52.6 Å². The lowest BCUT2D eigenvalue weighted by molar-refractivity contribution is 0.0119. The largest absolute Gasteiger partial charge is 0.378 e. The summed E-state index contributed by atoms with van der Waals surface area (Å²) in [5, 5.41) is 16.9. The van der Waals surface area contributed by atoms with Crippen molar-refractivity contribution in [2.24, 2.45) is 0 Å². The van der Waals surface area contributed by atoms with Crippen LogP contribution in [0.4, 0.5) is 0 Å². The number of aromatic amines is 1. The first-order chi connectivity index (χ1) is 16.2. The van der Waals surface area contributed by atoms with E-state index >= 15 is 0 Å². The normalized spacial score (nSPS) is 18.8. The fourth-order valence-electron chi connectivity index (χ4n) is 4.90. The van der Waals surface area contributed by atoms with Gasteiger partial charge in [-0.1, -0.05) is 24.3 Å². The lowest BCUT2D eigenvalue weighted by Gasteiger charge is -2.30. The smallest absolute Gasteiger partial charge is 0.294 e. The molecule has 3 aliphatic heterocycles. The fourth-order valence-corrected chi connectivity index (χ4v) is 4.90. The number of ether oxygens (including phenoxy) is 1. The Kier molecular flexibility index (Phi) is 4.80. The summed E-state index contributed by atoms with van der Waals surface area (Å²) < 4.78 is 9.70. The first-order valence-corrected chi connectivity index (χ1v) is 11.3. The highest BCUT2D eigenvalue weighted by Crippen LogP contribution is 2.38. The third-order valence-corrected chi connectivity index (χ3v) is 6.56. The van der Waals surface area contributed by atoms with Crippen LogP contribution in [0.1, 0.15) is 36.8 Å². The minimum atomic E-state index is -0.266. The topological polar surface area (TPSA) is 90.6 Å². The molecule has 1 aromatic heterocycles. The molecule has 2 aromatic carbocycles. The molecule has 0 aliphatic carbocycles. The third kappa shape index (κ3) is 3.43. The van der Waals surface area contributed by atoms with Crippen LogP contribution in [-0.2, 0) is 11.3 Å². The van der Waals surface area contributed by atoms with Gasteiger partial charge in [0.2, 0.25) is 0 Å². The van der Waals surface area contributed by atoms with Gasteiger partial charge >= 0.3 is 0 Å². The van der Waals surface area contributed by atoms with Crippen molar-refractivity contribution >= 4 is 10.9 Å². The summed E-state index contributed by atoms with van der Waals surface area (Å²) in [5.41, 5.74) is 4.94. The first-order valence-electron chi connectivity index (χ1n) is 11.3. The Hall–Kier alpha value is -3.78. The van der Waals surface area contributed by atoms with Crippen molar-refractivity contribution in [3.8, 4) is 17.1 Å². The predicted octanol–water partition coefficient (Wildman–Crippen LogP) is 3.74. The zero-order valence-corrected chi connectivity index (χ0v) is 18.3. The Bertz CT molecular complexity index is 1430. The zero-order valence-electron chi connectivity index (χ0n) is 18.3. The lowest BCUT2D eigenvalue weighted by atomic mass is 9.85. The Balaban J connectivity index is 1.47. The van der Waals surface area contributed by atoms with Gasteiger partial charge in [-0.25, -0.2) is 9.78 Å². The van der Waals surface area contributed by atoms with E-state index in [1.165, 1.54) is 5.56 Å². The van der Waals surface area contributed by atoms with Crippen LogP contribution >= 0.6 is 0 Å². The number of H-pyrrole nitrogens is 1. The average molecular weight is 441 g/mol. The summed E-state index contributed by atoms with van der Waals surface area (Å²) in [5.74, 6) is 0.252. The second kappa shape index (κ2) is 7.97. The molecule has 0 spiro atoms. The number of aromatic nitrogens is 6. The second-order valence-electron chi connectivity index (χ2n) is 8.59. The van der Waals surface area contributed by atoms with Gasteiger partial charge in [-0.05, 0) is 55.2 Å². The maximum absolute atomic E-state index is 12.5. The molecule has 1 N–H and O–H groups in total. The Labute approximate surface area is 190 Å². The van der Waals surface area contributed by atoms with Crippen LogP contribution in [-0.4, -0.2) is 42.5 Å². The highest BCUT2D eigenvalue weighted by molar-refractivity contribution is 5.95. The molecule has 2 atom stereocenters. The van der Waals surface area contributed by atoms with E-state index < -0.39 is 0 Å². The SMILES string of the molecule is C[C@@H]1OCCC[C@@H]1c1cccc2c1c1n[nH]c(=O)c-1nn2Cc1ccc(-n2cccn2)cc1. The van der Waals surface area contributed by atoms with Crippen molar-refractivity contribution in [2.75, 3.05) is 6.61 Å². The van der Waals surface area contributed by atoms with Crippen LogP contribution < -0.4 is 5.56 Å². The first kappa shape index (κ1) is 19.9. The van der Waals surface area contributed by atoms with Crippen molar-refractivity contribution in [3.05, 3.63) is 82.4 Å². The molecule has 166 valence electrons. The molecule has 0 saturated carbocycles. The highest BCUT2D eigenvalue weighted by Gasteiger charge is 2.29. The molecule has 0 unspecified atom stereocenters. The molecule has 1 fully saturated rings. The van der Waals surface area contributed by atoms with Crippen molar-refractivity contribution < 1.29 is 4.74 Å². The molecule has 0 bridgehead atoms. The maximum Gasteiger partial charge on any atom is 0.294 e. The lowest BCUT2D eigenvalue weighted by Crippen LogP contribution is -2.25. The molecule has 0 radical (unpaired) electrons. The van der Waals surface area contributed by atoms with Gasteiger partial charge in [0.1, 0.15) is 5.69 Å². The van der Waals surface area contributed by atoms with Gasteiger partial charge in [0, 0.05) is 30.3 Å². The molecule has 8 nitrogen and oxygen atoms in total. The van der Waals surface area contributed by atoms with Gasteiger partial charge in [0.15, 0.2) is 5.69 Å². The van der Waals surface area contributed by atoms with Crippen LogP contribution in [0.3, 0.4) is 0 Å². The van der Waals surface area contributed by atoms with Gasteiger partial charge in [-0.15, -0.1) is 0 Å². The molecule has 4 heterocycles. The third-order valence-electron chi connectivity index (χ3n) is 6.56. The standard InChI is InChI=1S/C25H24N6O2/c1-16-19(6-3-14-33-16)20-5-2-7-21-22(20)23-24(25(32)28-27-23)29-31(21)15-17-8-10-18(11-9-17)30-13-4-12-26-30/h2,4-5,7-13,16,19H,3,6,14-15H2,1H3,(H,28,32)/t16-,19-/m0/s1. The van der Waals surface area contributed by atoms with E-state index in [4.69, 9.17) is 9.84 Å². The van der Waals surface area contributed by atoms with E-state index in [1.807, 2.05) is 33.8 Å². The van der Waals surface area contributed by atoms with Crippen molar-refractivity contribution in [1.29, 1.82) is 0 Å². The number of rotatable bonds is 4. The molecular formula is C25H24N6O2. The fraction of sp³-hybridized carbons (Fsp3) is 0.280. The Morgan fingerprint density at radius 1 is 1.12 bits per heavy atom. The van der Waals surface area contributed by atoms with Crippen LogP contribution in [0.25, 0.3) is 28.0 Å². The van der Waals surface area contributed by atoms with Crippen LogP contribution in [0.5, 0.6) is 0 Å². The number of hydrogen-bond acceptors (Lipinski definition) is 5. The van der Waals surface area contributed by atoms with E-state index in [-0.39, 0.29) is 17.6 Å². The molecule has 3 aliphatic rings. The monoisotopic (exact) mass is 440 g/mol. The zero-order chi connectivity index (χ0) is 22.4. The van der Waals surface area contributed by atoms with E-state index in [0.29, 0.717) is 17.9 Å². The molecule has 3 aromatic rings. The molecule has 8 heteroatoms. The van der Waals surface area contributed by atoms with E-state index in [1.54, 1.807) is 6.20 Å². The summed E-state index contributed by atoms with van der Waals surface area (Å²) in [6, 6.07) is 16.4. The Morgan fingerprint density at radius 2 is 2.00 bits per heavy atom. The Morgan fingerprint density at radius 3 is 2.79 bits per heavy atom. The summed E-state index contributed by atoms with van der Waals surface area (Å²) in [7, 11) is 0. The highest BCUT2D eigenvalue weighted by atomic mass is 16.5. The number of nitrogens with zero attached hydrogens (tertiary/aromatic N) is 5. The van der Waals surface area contributed by atoms with Gasteiger partial charge in [0.05, 0.1) is 23.9 Å². The molecule has 33 heavy (non-hydrogen) atoms. The molecule has 0 amide bonds. The number of hydrogen-bond donors (Lipinski definition) is 1. The summed E-state index contributed by atoms with van der Waals surface area (Å²) in [6.07, 6.45) is 5.86. The van der Waals surface area contributed by atoms with Crippen molar-refractivity contribution in [3.63, 3.8) is 0 Å². The predicted molar refractivity (Wildman–Crippen MR) is 125 cm³/mol. The second-order valence-corrected chi connectivity index (χ2v) is 8.59. The number of fused-ring (bicyclic) bond motifs is 3. The average Bonchev–Trinajstić information content (AvgIpc) is 3.50. The number of benzene rings is 2. The summed E-state index contributed by atoms with van der Waals surface area (Å²) in [6.45, 7) is 3.46. The van der Waals surface area contributed by atoms with Gasteiger partial charge in [-0.3, -0.25) is 9.48 Å². The molecular weight excluding hydrogens is 416 g/mol. The maximum atomic E-state index is 12.5. The van der Waals surface area contributed by atoms with Crippen LogP contribution in [0.2, 0.25) is 0 Å². The van der Waals surface area contributed by atoms with Crippen LogP contribution in [0.15, 0.2) is 65.7 Å². The van der Waals surface area contributed by atoms with Gasteiger partial charge < -0.3 is 4.74 Å². The molecule has 6 rings (SSSR count). The van der Waals surface area contributed by atoms with E-state index in [0.717, 1.165) is 41.6 Å². The van der Waals surface area contributed by atoms with Crippen LogP contribution in [0, 0.1) is 0 Å². The summed E-state index contributed by atoms with van der Waals surface area (Å²) in [4.78, 5) is 12.5. The van der Waals surface area contributed by atoms with Crippen molar-refractivity contribution in [1.82, 2.24) is 29.8 Å². The van der Waals surface area contributed by atoms with Crippen molar-refractivity contribution in [2.45, 2.75) is 38.3 Å². The minimum Gasteiger partial charge on any atom is -0.378 e. The minimum absolute atomic E-state index is 0.113. The summed E-state index contributed by atoms with van der Waals surface area (Å²) >= 11 is 0. The van der Waals surface area contributed by atoms with E-state index in [9.17, 15) is 4.79 Å². The molecule has 1 saturated heterocycles. The van der Waals surface area contributed by atoms with Gasteiger partial charge in [0.25, 0.3) is 5.56 Å². The quantitative estimate of drug-likeness (QED) is 0.460. The van der Waals surface area contributed by atoms with Gasteiger partial charge in [-0.2, -0.15) is 15.3 Å².